The molecule has 2 heterocycles. The topological polar surface area (TPSA) is 90.5 Å². The zero-order valence-electron chi connectivity index (χ0n) is 15.8. The van der Waals surface area contributed by atoms with Crippen LogP contribution >= 0.6 is 0 Å². The highest BCUT2D eigenvalue weighted by Gasteiger charge is 2.12. The van der Waals surface area contributed by atoms with Gasteiger partial charge >= 0.3 is 5.97 Å². The fraction of sp³-hybridized carbons (Fsp3) is 0.136. The summed E-state index contributed by atoms with van der Waals surface area (Å²) < 4.78 is 11.9. The average Bonchev–Trinajstić information content (AvgIpc) is 3.18. The molecule has 1 aromatic carbocycles. The van der Waals surface area contributed by atoms with Gasteiger partial charge in [-0.3, -0.25) is 9.59 Å². The van der Waals surface area contributed by atoms with Crippen LogP contribution in [0, 0.1) is 0 Å². The van der Waals surface area contributed by atoms with Crippen LogP contribution < -0.4 is 10.9 Å². The Balaban J connectivity index is 1.60. The molecule has 0 aliphatic rings. The van der Waals surface area contributed by atoms with Crippen molar-refractivity contribution in [2.24, 2.45) is 0 Å². The molecule has 0 saturated heterocycles. The summed E-state index contributed by atoms with van der Waals surface area (Å²) in [4.78, 5) is 35.5. The molecule has 2 aromatic heterocycles. The van der Waals surface area contributed by atoms with E-state index in [1.54, 1.807) is 67.7 Å². The number of ether oxygens (including phenoxy) is 1. The van der Waals surface area contributed by atoms with E-state index in [-0.39, 0.29) is 17.9 Å². The van der Waals surface area contributed by atoms with E-state index in [0.29, 0.717) is 18.1 Å². The molecule has 0 unspecified atom stereocenters. The summed E-state index contributed by atoms with van der Waals surface area (Å²) >= 11 is 0. The Morgan fingerprint density at radius 3 is 2.62 bits per heavy atom. The molecule has 0 aliphatic carbocycles. The van der Waals surface area contributed by atoms with Crippen LogP contribution in [0.5, 0.6) is 0 Å². The third-order valence-electron chi connectivity index (χ3n) is 3.98. The highest BCUT2D eigenvalue weighted by atomic mass is 16.5. The van der Waals surface area contributed by atoms with Gasteiger partial charge in [0, 0.05) is 24.0 Å². The molecule has 29 heavy (non-hydrogen) atoms. The number of aromatic nitrogens is 1. The Morgan fingerprint density at radius 1 is 1.10 bits per heavy atom. The van der Waals surface area contributed by atoms with E-state index >= 15 is 0 Å². The number of amides is 1. The van der Waals surface area contributed by atoms with Gasteiger partial charge in [0.2, 0.25) is 0 Å². The van der Waals surface area contributed by atoms with Gasteiger partial charge in [-0.1, -0.05) is 18.2 Å². The highest BCUT2D eigenvalue weighted by molar-refractivity contribution is 6.02. The molecule has 0 spiro atoms. The molecule has 7 heteroatoms. The molecule has 0 aliphatic heterocycles. The second-order valence-corrected chi connectivity index (χ2v) is 6.09. The maximum absolute atomic E-state index is 12.4. The third kappa shape index (κ3) is 5.55. The molecule has 0 atom stereocenters. The smallest absolute Gasteiger partial charge is 0.330 e. The minimum absolute atomic E-state index is 0.146. The van der Waals surface area contributed by atoms with Crippen LogP contribution in [0.15, 0.2) is 76.1 Å². The van der Waals surface area contributed by atoms with Crippen LogP contribution in [-0.4, -0.2) is 23.1 Å². The lowest BCUT2D eigenvalue weighted by atomic mass is 10.2. The SMILES string of the molecule is CCOC(=O)/C=C/c1ccc(NC(=O)c2ccc(Cn3ccccc3=O)o2)cc1. The van der Waals surface area contributed by atoms with Gasteiger partial charge in [0.05, 0.1) is 13.2 Å². The van der Waals surface area contributed by atoms with Crippen molar-refractivity contribution >= 4 is 23.6 Å². The Kier molecular flexibility index (Phi) is 6.42. The number of nitrogens with one attached hydrogen (secondary N) is 1. The van der Waals surface area contributed by atoms with Crippen LogP contribution in [0.4, 0.5) is 5.69 Å². The van der Waals surface area contributed by atoms with Gasteiger partial charge in [0.1, 0.15) is 5.76 Å². The number of anilines is 1. The van der Waals surface area contributed by atoms with Gasteiger partial charge in [-0.15, -0.1) is 0 Å². The first-order valence-corrected chi connectivity index (χ1v) is 9.05. The molecule has 0 radical (unpaired) electrons. The average molecular weight is 392 g/mol. The van der Waals surface area contributed by atoms with Gasteiger partial charge in [0.25, 0.3) is 11.5 Å². The number of hydrogen-bond acceptors (Lipinski definition) is 5. The lowest BCUT2D eigenvalue weighted by molar-refractivity contribution is -0.137. The van der Waals surface area contributed by atoms with Crippen molar-refractivity contribution < 1.29 is 18.7 Å². The summed E-state index contributed by atoms with van der Waals surface area (Å²) in [5, 5.41) is 2.74. The Bertz CT molecular complexity index is 1080. The normalized spacial score (nSPS) is 10.8. The third-order valence-corrected chi connectivity index (χ3v) is 3.98. The van der Waals surface area contributed by atoms with E-state index < -0.39 is 11.9 Å². The highest BCUT2D eigenvalue weighted by Crippen LogP contribution is 2.14. The lowest BCUT2D eigenvalue weighted by Gasteiger charge is -2.04. The van der Waals surface area contributed by atoms with Crippen LogP contribution in [0.3, 0.4) is 0 Å². The maximum atomic E-state index is 12.4. The van der Waals surface area contributed by atoms with Crippen molar-refractivity contribution in [3.63, 3.8) is 0 Å². The molecule has 3 rings (SSSR count). The molecule has 148 valence electrons. The summed E-state index contributed by atoms with van der Waals surface area (Å²) in [6.45, 7) is 2.31. The van der Waals surface area contributed by atoms with Crippen LogP contribution in [0.25, 0.3) is 6.08 Å². The molecule has 3 aromatic rings. The quantitative estimate of drug-likeness (QED) is 0.492. The Morgan fingerprint density at radius 2 is 1.90 bits per heavy atom. The fourth-order valence-electron chi connectivity index (χ4n) is 2.57. The number of hydrogen-bond donors (Lipinski definition) is 1. The standard InChI is InChI=1S/C22H20N2O5/c1-2-28-21(26)13-8-16-6-9-17(10-7-16)23-22(27)19-12-11-18(29-19)15-24-14-4-3-5-20(24)25/h3-14H,2,15H2,1H3,(H,23,27)/b13-8+. The first-order valence-electron chi connectivity index (χ1n) is 9.05. The largest absolute Gasteiger partial charge is 0.463 e. The van der Waals surface area contributed by atoms with Gasteiger partial charge < -0.3 is 19.0 Å². The number of furan rings is 1. The van der Waals surface area contributed by atoms with Gasteiger partial charge in [0.15, 0.2) is 5.76 Å². The van der Waals surface area contributed by atoms with E-state index in [4.69, 9.17) is 9.15 Å². The van der Waals surface area contributed by atoms with Crippen molar-refractivity contribution in [1.29, 1.82) is 0 Å². The van der Waals surface area contributed by atoms with Crippen LogP contribution in [-0.2, 0) is 16.1 Å². The minimum Gasteiger partial charge on any atom is -0.463 e. The van der Waals surface area contributed by atoms with Gasteiger partial charge in [-0.05, 0) is 48.9 Å². The van der Waals surface area contributed by atoms with E-state index in [2.05, 4.69) is 5.32 Å². The molecule has 1 N–H and O–H groups in total. The Hall–Kier alpha value is -3.87. The Labute approximate surface area is 167 Å². The number of carbonyl (C=O) groups excluding carboxylic acids is 2. The van der Waals surface area contributed by atoms with Crippen molar-refractivity contribution in [1.82, 2.24) is 4.57 Å². The number of rotatable bonds is 7. The molecule has 0 bridgehead atoms. The zero-order valence-corrected chi connectivity index (χ0v) is 15.8. The summed E-state index contributed by atoms with van der Waals surface area (Å²) in [5.74, 6) is -0.152. The summed E-state index contributed by atoms with van der Waals surface area (Å²) in [5.41, 5.74) is 1.23. The number of benzene rings is 1. The second-order valence-electron chi connectivity index (χ2n) is 6.09. The predicted molar refractivity (Wildman–Crippen MR) is 109 cm³/mol. The predicted octanol–water partition coefficient (Wildman–Crippen LogP) is 3.32. The number of esters is 1. The van der Waals surface area contributed by atoms with E-state index in [1.807, 2.05) is 0 Å². The number of pyridine rings is 1. The monoisotopic (exact) mass is 392 g/mol. The van der Waals surface area contributed by atoms with Crippen molar-refractivity contribution in [2.75, 3.05) is 11.9 Å². The summed E-state index contributed by atoms with van der Waals surface area (Å²) in [7, 11) is 0. The molecule has 7 nitrogen and oxygen atoms in total. The molecular weight excluding hydrogens is 372 g/mol. The van der Waals surface area contributed by atoms with Crippen molar-refractivity contribution in [3.8, 4) is 0 Å². The summed E-state index contributed by atoms with van der Waals surface area (Å²) in [6.07, 6.45) is 4.63. The van der Waals surface area contributed by atoms with Crippen LogP contribution in [0.1, 0.15) is 28.8 Å². The van der Waals surface area contributed by atoms with Gasteiger partial charge in [-0.25, -0.2) is 4.79 Å². The van der Waals surface area contributed by atoms with E-state index in [1.165, 1.54) is 16.7 Å². The lowest BCUT2D eigenvalue weighted by Crippen LogP contribution is -2.18. The minimum atomic E-state index is -0.406. The van der Waals surface area contributed by atoms with Crippen molar-refractivity contribution in [2.45, 2.75) is 13.5 Å². The number of carbonyl (C=O) groups is 2. The van der Waals surface area contributed by atoms with Crippen LogP contribution in [0.2, 0.25) is 0 Å². The molecule has 0 fully saturated rings. The van der Waals surface area contributed by atoms with E-state index in [9.17, 15) is 14.4 Å². The fourth-order valence-corrected chi connectivity index (χ4v) is 2.57. The zero-order chi connectivity index (χ0) is 20.6. The first-order chi connectivity index (χ1) is 14.0. The van der Waals surface area contributed by atoms with E-state index in [0.717, 1.165) is 5.56 Å². The maximum Gasteiger partial charge on any atom is 0.330 e. The first kappa shape index (κ1) is 19.9. The van der Waals surface area contributed by atoms with Gasteiger partial charge in [-0.2, -0.15) is 0 Å². The molecular formula is C22H20N2O5. The van der Waals surface area contributed by atoms with Crippen molar-refractivity contribution in [3.05, 3.63) is 94.3 Å². The second kappa shape index (κ2) is 9.36. The molecule has 0 saturated carbocycles. The molecule has 1 amide bonds. The number of nitrogens with zero attached hydrogens (tertiary/aromatic N) is 1. The summed E-state index contributed by atoms with van der Waals surface area (Å²) in [6, 6.07) is 15.1.